The Labute approximate surface area is 104 Å². The summed E-state index contributed by atoms with van der Waals surface area (Å²) in [7, 11) is 0. The van der Waals surface area contributed by atoms with E-state index in [1.807, 2.05) is 18.2 Å². The van der Waals surface area contributed by atoms with Gasteiger partial charge in [0.05, 0.1) is 5.69 Å². The van der Waals surface area contributed by atoms with Crippen LogP contribution < -0.4 is 0 Å². The zero-order chi connectivity index (χ0) is 12.5. The van der Waals surface area contributed by atoms with Gasteiger partial charge in [-0.15, -0.1) is 0 Å². The van der Waals surface area contributed by atoms with Crippen LogP contribution in [0.3, 0.4) is 0 Å². The maximum Gasteiger partial charge on any atom is 0.0705 e. The minimum atomic E-state index is 0.0921. The van der Waals surface area contributed by atoms with Gasteiger partial charge in [-0.05, 0) is 18.6 Å². The molecule has 1 heteroatoms. The molecular formula is C16H19N. The van der Waals surface area contributed by atoms with Gasteiger partial charge in [-0.3, -0.25) is 4.98 Å². The van der Waals surface area contributed by atoms with E-state index in [0.29, 0.717) is 0 Å². The highest BCUT2D eigenvalue weighted by Crippen LogP contribution is 2.26. The summed E-state index contributed by atoms with van der Waals surface area (Å²) in [5, 5.41) is 0. The maximum atomic E-state index is 4.81. The number of aromatic nitrogens is 1. The minimum absolute atomic E-state index is 0.0921. The first-order valence-corrected chi connectivity index (χ1v) is 6.02. The van der Waals surface area contributed by atoms with Gasteiger partial charge in [-0.1, -0.05) is 57.2 Å². The predicted octanol–water partition coefficient (Wildman–Crippen LogP) is 4.35. The number of benzene rings is 1. The quantitative estimate of drug-likeness (QED) is 0.703. The van der Waals surface area contributed by atoms with Crippen molar-refractivity contribution < 1.29 is 0 Å². The van der Waals surface area contributed by atoms with E-state index < -0.39 is 0 Å². The van der Waals surface area contributed by atoms with E-state index in [2.05, 4.69) is 52.0 Å². The lowest BCUT2D eigenvalue weighted by Crippen LogP contribution is -2.15. The fraction of sp³-hybridized carbons (Fsp3) is 0.312. The van der Waals surface area contributed by atoms with E-state index in [0.717, 1.165) is 5.69 Å². The SMILES string of the molecule is Cc1ccc(-c2ccccc2)nc1C(C)(C)C. The zero-order valence-corrected chi connectivity index (χ0v) is 11.0. The van der Waals surface area contributed by atoms with Gasteiger partial charge in [-0.2, -0.15) is 0 Å². The molecule has 0 amide bonds. The highest BCUT2D eigenvalue weighted by atomic mass is 14.7. The van der Waals surface area contributed by atoms with E-state index in [1.54, 1.807) is 0 Å². The molecule has 0 unspecified atom stereocenters. The number of hydrogen-bond acceptors (Lipinski definition) is 1. The smallest absolute Gasteiger partial charge is 0.0705 e. The molecule has 0 fully saturated rings. The minimum Gasteiger partial charge on any atom is -0.252 e. The summed E-state index contributed by atoms with van der Waals surface area (Å²) in [4.78, 5) is 4.81. The second-order valence-electron chi connectivity index (χ2n) is 5.48. The molecule has 17 heavy (non-hydrogen) atoms. The molecule has 0 saturated carbocycles. The molecule has 2 aromatic rings. The van der Waals surface area contributed by atoms with Crippen LogP contribution in [0.25, 0.3) is 11.3 Å². The lowest BCUT2D eigenvalue weighted by molar-refractivity contribution is 0.565. The van der Waals surface area contributed by atoms with Crippen molar-refractivity contribution in [3.63, 3.8) is 0 Å². The van der Waals surface area contributed by atoms with Gasteiger partial charge in [0, 0.05) is 16.7 Å². The second kappa shape index (κ2) is 4.33. The van der Waals surface area contributed by atoms with Gasteiger partial charge in [0.25, 0.3) is 0 Å². The van der Waals surface area contributed by atoms with Crippen molar-refractivity contribution in [2.24, 2.45) is 0 Å². The first-order valence-electron chi connectivity index (χ1n) is 6.02. The highest BCUT2D eigenvalue weighted by Gasteiger charge is 2.18. The highest BCUT2D eigenvalue weighted by molar-refractivity contribution is 5.59. The Balaban J connectivity index is 2.53. The Kier molecular flexibility index (Phi) is 3.01. The maximum absolute atomic E-state index is 4.81. The molecule has 0 N–H and O–H groups in total. The van der Waals surface area contributed by atoms with Gasteiger partial charge >= 0.3 is 0 Å². The van der Waals surface area contributed by atoms with E-state index in [9.17, 15) is 0 Å². The molecule has 1 aromatic heterocycles. The van der Waals surface area contributed by atoms with E-state index in [1.165, 1.54) is 16.8 Å². The molecular weight excluding hydrogens is 206 g/mol. The van der Waals surface area contributed by atoms with Gasteiger partial charge in [0.1, 0.15) is 0 Å². The van der Waals surface area contributed by atoms with Crippen LogP contribution in [0.5, 0.6) is 0 Å². The van der Waals surface area contributed by atoms with Crippen molar-refractivity contribution in [3.05, 3.63) is 53.7 Å². The molecule has 1 nitrogen and oxygen atoms in total. The van der Waals surface area contributed by atoms with Crippen molar-refractivity contribution in [1.29, 1.82) is 0 Å². The zero-order valence-electron chi connectivity index (χ0n) is 11.0. The van der Waals surface area contributed by atoms with Crippen LogP contribution in [0.4, 0.5) is 0 Å². The largest absolute Gasteiger partial charge is 0.252 e. The molecule has 0 bridgehead atoms. The van der Waals surface area contributed by atoms with Crippen molar-refractivity contribution in [3.8, 4) is 11.3 Å². The molecule has 0 atom stereocenters. The number of aryl methyl sites for hydroxylation is 1. The normalized spacial score (nSPS) is 11.5. The lowest BCUT2D eigenvalue weighted by atomic mass is 9.88. The summed E-state index contributed by atoms with van der Waals surface area (Å²) < 4.78 is 0. The van der Waals surface area contributed by atoms with E-state index >= 15 is 0 Å². The van der Waals surface area contributed by atoms with Gasteiger partial charge < -0.3 is 0 Å². The van der Waals surface area contributed by atoms with E-state index in [4.69, 9.17) is 4.98 Å². The predicted molar refractivity (Wildman–Crippen MR) is 73.1 cm³/mol. The molecule has 0 aliphatic rings. The van der Waals surface area contributed by atoms with Gasteiger partial charge in [0.15, 0.2) is 0 Å². The molecule has 0 aliphatic heterocycles. The molecule has 88 valence electrons. The molecule has 1 aromatic carbocycles. The third-order valence-corrected chi connectivity index (χ3v) is 2.88. The van der Waals surface area contributed by atoms with Crippen LogP contribution in [0.1, 0.15) is 32.0 Å². The Hall–Kier alpha value is -1.63. The molecule has 0 spiro atoms. The van der Waals surface area contributed by atoms with Crippen LogP contribution in [0.2, 0.25) is 0 Å². The van der Waals surface area contributed by atoms with Crippen molar-refractivity contribution in [1.82, 2.24) is 4.98 Å². The van der Waals surface area contributed by atoms with Crippen LogP contribution in [0, 0.1) is 6.92 Å². The Morgan fingerprint density at radius 3 is 2.12 bits per heavy atom. The lowest BCUT2D eigenvalue weighted by Gasteiger charge is -2.21. The summed E-state index contributed by atoms with van der Waals surface area (Å²) in [5.74, 6) is 0. The number of rotatable bonds is 1. The topological polar surface area (TPSA) is 12.9 Å². The first kappa shape index (κ1) is 11.8. The molecule has 2 rings (SSSR count). The fourth-order valence-corrected chi connectivity index (χ4v) is 2.06. The third kappa shape index (κ3) is 2.55. The summed E-state index contributed by atoms with van der Waals surface area (Å²) in [6.07, 6.45) is 0. The second-order valence-corrected chi connectivity index (χ2v) is 5.48. The van der Waals surface area contributed by atoms with Crippen molar-refractivity contribution in [2.75, 3.05) is 0 Å². The van der Waals surface area contributed by atoms with Crippen molar-refractivity contribution >= 4 is 0 Å². The summed E-state index contributed by atoms with van der Waals surface area (Å²) in [5.41, 5.74) is 4.77. The van der Waals surface area contributed by atoms with Gasteiger partial charge in [-0.25, -0.2) is 0 Å². The fourth-order valence-electron chi connectivity index (χ4n) is 2.06. The van der Waals surface area contributed by atoms with Crippen LogP contribution in [-0.2, 0) is 5.41 Å². The van der Waals surface area contributed by atoms with Crippen LogP contribution in [-0.4, -0.2) is 4.98 Å². The molecule has 1 heterocycles. The van der Waals surface area contributed by atoms with Crippen molar-refractivity contribution in [2.45, 2.75) is 33.1 Å². The summed E-state index contributed by atoms with van der Waals surface area (Å²) in [6, 6.07) is 14.6. The summed E-state index contributed by atoms with van der Waals surface area (Å²) >= 11 is 0. The molecule has 0 aliphatic carbocycles. The number of hydrogen-bond donors (Lipinski definition) is 0. The Morgan fingerprint density at radius 1 is 0.882 bits per heavy atom. The average molecular weight is 225 g/mol. The molecule has 0 radical (unpaired) electrons. The van der Waals surface area contributed by atoms with Crippen LogP contribution in [0.15, 0.2) is 42.5 Å². The van der Waals surface area contributed by atoms with Crippen LogP contribution >= 0.6 is 0 Å². The molecule has 0 saturated heterocycles. The third-order valence-electron chi connectivity index (χ3n) is 2.88. The Bertz CT molecular complexity index is 507. The van der Waals surface area contributed by atoms with Gasteiger partial charge in [0.2, 0.25) is 0 Å². The first-order chi connectivity index (χ1) is 7.98. The average Bonchev–Trinajstić information content (AvgIpc) is 2.29. The monoisotopic (exact) mass is 225 g/mol. The number of pyridine rings is 1. The Morgan fingerprint density at radius 2 is 1.53 bits per heavy atom. The summed E-state index contributed by atoms with van der Waals surface area (Å²) in [6.45, 7) is 8.74. The standard InChI is InChI=1S/C16H19N/c1-12-10-11-14(13-8-6-5-7-9-13)17-15(12)16(2,3)4/h5-11H,1-4H3. The van der Waals surface area contributed by atoms with E-state index in [-0.39, 0.29) is 5.41 Å². The number of nitrogens with zero attached hydrogens (tertiary/aromatic N) is 1.